The number of methoxy groups -OCH3 is 2. The van der Waals surface area contributed by atoms with Crippen LogP contribution in [0.15, 0.2) is 18.2 Å². The van der Waals surface area contributed by atoms with Gasteiger partial charge in [0.1, 0.15) is 11.5 Å². The molecular weight excluding hydrogens is 296 g/mol. The SMILES string of the molecule is COc1ccc(NC(=O)NCC(O)C2CCCCC2)c(OC)c1. The molecule has 1 aromatic rings. The van der Waals surface area contributed by atoms with Crippen molar-refractivity contribution >= 4 is 11.7 Å². The first kappa shape index (κ1) is 17.4. The predicted molar refractivity (Wildman–Crippen MR) is 89.1 cm³/mol. The molecular formula is C17H26N2O4. The van der Waals surface area contributed by atoms with Gasteiger partial charge < -0.3 is 25.2 Å². The van der Waals surface area contributed by atoms with Gasteiger partial charge in [-0.3, -0.25) is 0 Å². The van der Waals surface area contributed by atoms with Crippen LogP contribution in [0, 0.1) is 5.92 Å². The molecule has 1 atom stereocenters. The first-order valence-corrected chi connectivity index (χ1v) is 8.09. The molecule has 0 heterocycles. The third-order valence-corrected chi connectivity index (χ3v) is 4.32. The molecule has 1 aliphatic carbocycles. The van der Waals surface area contributed by atoms with Gasteiger partial charge in [-0.25, -0.2) is 4.79 Å². The Bertz CT molecular complexity index is 515. The lowest BCUT2D eigenvalue weighted by Crippen LogP contribution is -2.39. The van der Waals surface area contributed by atoms with E-state index in [1.807, 2.05) is 0 Å². The van der Waals surface area contributed by atoms with Crippen molar-refractivity contribution in [3.8, 4) is 11.5 Å². The highest BCUT2D eigenvalue weighted by Gasteiger charge is 2.22. The summed E-state index contributed by atoms with van der Waals surface area (Å²) in [5, 5.41) is 15.6. The summed E-state index contributed by atoms with van der Waals surface area (Å²) in [6.45, 7) is 0.259. The standard InChI is InChI=1S/C17H26N2O4/c1-22-13-8-9-14(16(10-13)23-2)19-17(21)18-11-15(20)12-6-4-3-5-7-12/h8-10,12,15,20H,3-7,11H2,1-2H3,(H2,18,19,21). The van der Waals surface area contributed by atoms with Gasteiger partial charge in [-0.2, -0.15) is 0 Å². The van der Waals surface area contributed by atoms with Crippen LogP contribution in [0.25, 0.3) is 0 Å². The number of rotatable bonds is 6. The fourth-order valence-electron chi connectivity index (χ4n) is 2.95. The van der Waals surface area contributed by atoms with E-state index >= 15 is 0 Å². The van der Waals surface area contributed by atoms with Crippen LogP contribution in [-0.2, 0) is 0 Å². The summed E-state index contributed by atoms with van der Waals surface area (Å²) in [7, 11) is 3.10. The van der Waals surface area contributed by atoms with Crippen LogP contribution in [0.4, 0.5) is 10.5 Å². The second kappa shape index (κ2) is 8.62. The average molecular weight is 322 g/mol. The fraction of sp³-hybridized carbons (Fsp3) is 0.588. The van der Waals surface area contributed by atoms with E-state index in [4.69, 9.17) is 9.47 Å². The summed E-state index contributed by atoms with van der Waals surface area (Å²) in [6, 6.07) is 4.80. The van der Waals surface area contributed by atoms with Crippen molar-refractivity contribution in [3.63, 3.8) is 0 Å². The van der Waals surface area contributed by atoms with E-state index < -0.39 is 6.10 Å². The largest absolute Gasteiger partial charge is 0.497 e. The molecule has 0 saturated heterocycles. The van der Waals surface area contributed by atoms with Gasteiger partial charge in [0, 0.05) is 12.6 Å². The lowest BCUT2D eigenvalue weighted by atomic mass is 9.85. The average Bonchev–Trinajstić information content (AvgIpc) is 2.60. The number of anilines is 1. The molecule has 1 saturated carbocycles. The van der Waals surface area contributed by atoms with Crippen molar-refractivity contribution < 1.29 is 19.4 Å². The zero-order chi connectivity index (χ0) is 16.7. The van der Waals surface area contributed by atoms with E-state index in [0.717, 1.165) is 25.7 Å². The summed E-state index contributed by atoms with van der Waals surface area (Å²) < 4.78 is 10.4. The summed E-state index contributed by atoms with van der Waals surface area (Å²) >= 11 is 0. The van der Waals surface area contributed by atoms with E-state index in [1.165, 1.54) is 13.5 Å². The Balaban J connectivity index is 1.84. The van der Waals surface area contributed by atoms with Crippen molar-refractivity contribution in [1.29, 1.82) is 0 Å². The predicted octanol–water partition coefficient (Wildman–Crippen LogP) is 2.77. The number of amides is 2. The Kier molecular flexibility index (Phi) is 6.52. The van der Waals surface area contributed by atoms with Crippen LogP contribution in [0.2, 0.25) is 0 Å². The number of hydrogen-bond acceptors (Lipinski definition) is 4. The molecule has 0 aliphatic heterocycles. The Hall–Kier alpha value is -1.95. The lowest BCUT2D eigenvalue weighted by Gasteiger charge is -2.26. The van der Waals surface area contributed by atoms with Crippen molar-refractivity contribution in [1.82, 2.24) is 5.32 Å². The fourth-order valence-corrected chi connectivity index (χ4v) is 2.95. The number of carbonyl (C=O) groups excluding carboxylic acids is 1. The van der Waals surface area contributed by atoms with Gasteiger partial charge >= 0.3 is 6.03 Å². The molecule has 2 amide bonds. The number of carbonyl (C=O) groups is 1. The Morgan fingerprint density at radius 2 is 2.00 bits per heavy atom. The van der Waals surface area contributed by atoms with Gasteiger partial charge in [0.2, 0.25) is 0 Å². The molecule has 0 radical (unpaired) electrons. The first-order valence-electron chi connectivity index (χ1n) is 8.09. The zero-order valence-electron chi connectivity index (χ0n) is 13.8. The van der Waals surface area contributed by atoms with E-state index in [1.54, 1.807) is 25.3 Å². The minimum Gasteiger partial charge on any atom is -0.497 e. The molecule has 23 heavy (non-hydrogen) atoms. The molecule has 2 rings (SSSR count). The van der Waals surface area contributed by atoms with Gasteiger partial charge in [-0.15, -0.1) is 0 Å². The van der Waals surface area contributed by atoms with Crippen LogP contribution in [0.1, 0.15) is 32.1 Å². The molecule has 1 aliphatic rings. The van der Waals surface area contributed by atoms with Crippen LogP contribution in [0.3, 0.4) is 0 Å². The van der Waals surface area contributed by atoms with Crippen LogP contribution >= 0.6 is 0 Å². The van der Waals surface area contributed by atoms with E-state index in [2.05, 4.69) is 10.6 Å². The maximum Gasteiger partial charge on any atom is 0.319 e. The second-order valence-electron chi connectivity index (χ2n) is 5.87. The minimum atomic E-state index is -0.487. The summed E-state index contributed by atoms with van der Waals surface area (Å²) in [5.41, 5.74) is 0.554. The topological polar surface area (TPSA) is 79.8 Å². The highest BCUT2D eigenvalue weighted by atomic mass is 16.5. The maximum absolute atomic E-state index is 12.0. The molecule has 0 aromatic heterocycles. The lowest BCUT2D eigenvalue weighted by molar-refractivity contribution is 0.0863. The third-order valence-electron chi connectivity index (χ3n) is 4.32. The number of aliphatic hydroxyl groups is 1. The van der Waals surface area contributed by atoms with E-state index in [-0.39, 0.29) is 12.6 Å². The molecule has 6 nitrogen and oxygen atoms in total. The number of benzene rings is 1. The smallest absolute Gasteiger partial charge is 0.319 e. The van der Waals surface area contributed by atoms with Crippen molar-refractivity contribution in [2.24, 2.45) is 5.92 Å². The van der Waals surface area contributed by atoms with Gasteiger partial charge in [0.25, 0.3) is 0 Å². The molecule has 3 N–H and O–H groups in total. The van der Waals surface area contributed by atoms with Crippen LogP contribution < -0.4 is 20.1 Å². The quantitative estimate of drug-likeness (QED) is 0.752. The molecule has 0 bridgehead atoms. The monoisotopic (exact) mass is 322 g/mol. The van der Waals surface area contributed by atoms with Crippen molar-refractivity contribution in [2.75, 3.05) is 26.1 Å². The van der Waals surface area contributed by atoms with Gasteiger partial charge in [0.05, 0.1) is 26.0 Å². The molecule has 1 fully saturated rings. The summed E-state index contributed by atoms with van der Waals surface area (Å²) in [6.07, 6.45) is 5.16. The molecule has 128 valence electrons. The Morgan fingerprint density at radius 1 is 1.26 bits per heavy atom. The first-order chi connectivity index (χ1) is 11.1. The highest BCUT2D eigenvalue weighted by molar-refractivity contribution is 5.91. The second-order valence-corrected chi connectivity index (χ2v) is 5.87. The van der Waals surface area contributed by atoms with Gasteiger partial charge in [0.15, 0.2) is 0 Å². The van der Waals surface area contributed by atoms with Crippen LogP contribution in [-0.4, -0.2) is 38.0 Å². The highest BCUT2D eigenvalue weighted by Crippen LogP contribution is 2.29. The number of urea groups is 1. The van der Waals surface area contributed by atoms with E-state index in [0.29, 0.717) is 23.1 Å². The number of ether oxygens (including phenoxy) is 2. The number of hydrogen-bond donors (Lipinski definition) is 3. The van der Waals surface area contributed by atoms with E-state index in [9.17, 15) is 9.90 Å². The minimum absolute atomic E-state index is 0.259. The molecule has 1 unspecified atom stereocenters. The Morgan fingerprint density at radius 3 is 2.65 bits per heavy atom. The number of aliphatic hydroxyl groups excluding tert-OH is 1. The molecule has 1 aromatic carbocycles. The van der Waals surface area contributed by atoms with Crippen molar-refractivity contribution in [2.45, 2.75) is 38.2 Å². The summed E-state index contributed by atoms with van der Waals surface area (Å²) in [4.78, 5) is 12.0. The van der Waals surface area contributed by atoms with Gasteiger partial charge in [-0.1, -0.05) is 19.3 Å². The Labute approximate surface area is 137 Å². The third kappa shape index (κ3) is 5.03. The van der Waals surface area contributed by atoms with Crippen LogP contribution in [0.5, 0.6) is 11.5 Å². The molecule has 6 heteroatoms. The number of nitrogens with one attached hydrogen (secondary N) is 2. The zero-order valence-corrected chi connectivity index (χ0v) is 13.8. The summed E-state index contributed by atoms with van der Waals surface area (Å²) in [5.74, 6) is 1.47. The normalized spacial score (nSPS) is 16.5. The van der Waals surface area contributed by atoms with Gasteiger partial charge in [-0.05, 0) is 30.9 Å². The molecule has 0 spiro atoms. The maximum atomic E-state index is 12.0. The van der Waals surface area contributed by atoms with Crippen molar-refractivity contribution in [3.05, 3.63) is 18.2 Å².